The summed E-state index contributed by atoms with van der Waals surface area (Å²) in [5.74, 6) is -0.0564. The fourth-order valence-corrected chi connectivity index (χ4v) is 4.61. The fourth-order valence-electron chi connectivity index (χ4n) is 4.61. The second kappa shape index (κ2) is 8.24. The molecule has 0 aliphatic carbocycles. The number of anilines is 1. The third kappa shape index (κ3) is 3.50. The van der Waals surface area contributed by atoms with Crippen LogP contribution in [-0.4, -0.2) is 39.7 Å². The van der Waals surface area contributed by atoms with Crippen LogP contribution in [0.15, 0.2) is 59.8 Å². The van der Waals surface area contributed by atoms with Crippen LogP contribution in [-0.2, 0) is 6.42 Å². The molecule has 12 heteroatoms. The summed E-state index contributed by atoms with van der Waals surface area (Å²) in [6, 6.07) is 13.4. The standard InChI is InChI=1S/C24H17FN10O/c25-23-16(3-6-21(27)31-23)18-11-28-24(30-18)20-5-2-15-8-14(9-22(36)35(15)20)17-7-13(10-26)1-4-19(17)34-12-29-32-33-34/h1,3-4,6-9,11-12,20H,2,5H2,(H2,27,31)(H,28,30)/t20-/m0/s1. The molecule has 0 saturated heterocycles. The molecule has 3 N–H and O–H groups in total. The van der Waals surface area contributed by atoms with Crippen LogP contribution in [0.2, 0.25) is 0 Å². The van der Waals surface area contributed by atoms with Crippen molar-refractivity contribution in [3.8, 4) is 34.1 Å². The van der Waals surface area contributed by atoms with Crippen molar-refractivity contribution in [3.63, 3.8) is 0 Å². The van der Waals surface area contributed by atoms with Crippen LogP contribution >= 0.6 is 0 Å². The van der Waals surface area contributed by atoms with Crippen LogP contribution in [0.25, 0.3) is 28.1 Å². The first-order valence-corrected chi connectivity index (χ1v) is 11.0. The van der Waals surface area contributed by atoms with Gasteiger partial charge in [0, 0.05) is 17.3 Å². The van der Waals surface area contributed by atoms with E-state index in [4.69, 9.17) is 5.73 Å². The number of pyridine rings is 2. The minimum atomic E-state index is -0.697. The van der Waals surface area contributed by atoms with Crippen LogP contribution in [0.5, 0.6) is 0 Å². The van der Waals surface area contributed by atoms with E-state index in [2.05, 4.69) is 36.5 Å². The number of imidazole rings is 1. The molecule has 0 amide bonds. The number of benzene rings is 1. The number of aryl methyl sites for hydroxylation is 1. The number of fused-ring (bicyclic) bond motifs is 1. The quantitative estimate of drug-likeness (QED) is 0.371. The van der Waals surface area contributed by atoms with Gasteiger partial charge in [-0.15, -0.1) is 5.10 Å². The molecule has 4 aromatic heterocycles. The number of hydrogen-bond donors (Lipinski definition) is 2. The zero-order valence-electron chi connectivity index (χ0n) is 18.6. The lowest BCUT2D eigenvalue weighted by molar-refractivity contribution is 0.571. The summed E-state index contributed by atoms with van der Waals surface area (Å²) < 4.78 is 17.5. The Balaban J connectivity index is 1.40. The average Bonchev–Trinajstić information content (AvgIpc) is 3.64. The summed E-state index contributed by atoms with van der Waals surface area (Å²) in [4.78, 5) is 24.6. The van der Waals surface area contributed by atoms with Gasteiger partial charge >= 0.3 is 0 Å². The molecule has 36 heavy (non-hydrogen) atoms. The minimum absolute atomic E-state index is 0.0895. The van der Waals surface area contributed by atoms with Crippen molar-refractivity contribution in [3.05, 3.63) is 88.4 Å². The Labute approximate surface area is 202 Å². The summed E-state index contributed by atoms with van der Waals surface area (Å²) in [7, 11) is 0. The fraction of sp³-hybridized carbons (Fsp3) is 0.125. The molecule has 0 spiro atoms. The van der Waals surface area contributed by atoms with Crippen molar-refractivity contribution in [2.45, 2.75) is 18.9 Å². The molecule has 1 aliphatic heterocycles. The predicted molar refractivity (Wildman–Crippen MR) is 126 cm³/mol. The maximum absolute atomic E-state index is 14.3. The molecule has 5 aromatic rings. The Kier molecular flexibility index (Phi) is 4.89. The van der Waals surface area contributed by atoms with Crippen LogP contribution in [0.4, 0.5) is 10.2 Å². The Morgan fingerprint density at radius 1 is 1.17 bits per heavy atom. The molecule has 176 valence electrons. The molecule has 0 unspecified atom stereocenters. The highest BCUT2D eigenvalue weighted by Gasteiger charge is 2.28. The Hall–Kier alpha value is -5.18. The zero-order chi connectivity index (χ0) is 24.8. The normalized spacial score (nSPS) is 14.5. The van der Waals surface area contributed by atoms with E-state index in [1.54, 1.807) is 22.8 Å². The first-order chi connectivity index (χ1) is 17.5. The van der Waals surface area contributed by atoms with E-state index in [1.807, 2.05) is 6.07 Å². The van der Waals surface area contributed by atoms with E-state index in [-0.39, 0.29) is 23.0 Å². The second-order valence-corrected chi connectivity index (χ2v) is 8.35. The second-order valence-electron chi connectivity index (χ2n) is 8.35. The number of H-pyrrole nitrogens is 1. The lowest BCUT2D eigenvalue weighted by Crippen LogP contribution is -2.24. The van der Waals surface area contributed by atoms with Crippen LogP contribution in [0.3, 0.4) is 0 Å². The van der Waals surface area contributed by atoms with E-state index < -0.39 is 5.95 Å². The van der Waals surface area contributed by atoms with Crippen molar-refractivity contribution in [1.29, 1.82) is 5.26 Å². The van der Waals surface area contributed by atoms with Gasteiger partial charge in [-0.25, -0.2) is 9.97 Å². The number of nitrogen functional groups attached to an aromatic ring is 1. The molecule has 1 aliphatic rings. The summed E-state index contributed by atoms with van der Waals surface area (Å²) >= 11 is 0. The largest absolute Gasteiger partial charge is 0.384 e. The number of aromatic nitrogens is 8. The van der Waals surface area contributed by atoms with E-state index in [0.717, 1.165) is 5.69 Å². The number of nitriles is 1. The lowest BCUT2D eigenvalue weighted by Gasteiger charge is -2.15. The minimum Gasteiger partial charge on any atom is -0.384 e. The molecular weight excluding hydrogens is 463 g/mol. The first-order valence-electron chi connectivity index (χ1n) is 11.0. The predicted octanol–water partition coefficient (Wildman–Crippen LogP) is 2.40. The van der Waals surface area contributed by atoms with Crippen molar-refractivity contribution in [2.24, 2.45) is 0 Å². The van der Waals surface area contributed by atoms with Gasteiger partial charge in [-0.3, -0.25) is 4.79 Å². The maximum atomic E-state index is 14.3. The summed E-state index contributed by atoms with van der Waals surface area (Å²) in [5, 5.41) is 20.7. The molecule has 5 heterocycles. The smallest absolute Gasteiger partial charge is 0.252 e. The molecule has 0 saturated carbocycles. The Morgan fingerprint density at radius 3 is 2.83 bits per heavy atom. The van der Waals surface area contributed by atoms with Gasteiger partial charge in [-0.2, -0.15) is 14.3 Å². The Morgan fingerprint density at radius 2 is 2.06 bits per heavy atom. The number of aromatic amines is 1. The van der Waals surface area contributed by atoms with Gasteiger partial charge in [0.15, 0.2) is 0 Å². The number of nitrogens with one attached hydrogen (secondary N) is 1. The van der Waals surface area contributed by atoms with Crippen LogP contribution < -0.4 is 11.3 Å². The van der Waals surface area contributed by atoms with E-state index in [9.17, 15) is 14.4 Å². The monoisotopic (exact) mass is 480 g/mol. The first kappa shape index (κ1) is 21.4. The highest BCUT2D eigenvalue weighted by molar-refractivity contribution is 5.74. The summed E-state index contributed by atoms with van der Waals surface area (Å²) in [6.45, 7) is 0. The molecule has 11 nitrogen and oxygen atoms in total. The van der Waals surface area contributed by atoms with Crippen molar-refractivity contribution >= 4 is 5.82 Å². The molecule has 0 bridgehead atoms. The van der Waals surface area contributed by atoms with Crippen LogP contribution in [0.1, 0.15) is 29.5 Å². The number of nitrogens with two attached hydrogens (primary N) is 1. The van der Waals surface area contributed by atoms with Crippen molar-refractivity contribution in [2.75, 3.05) is 5.73 Å². The summed E-state index contributed by atoms with van der Waals surface area (Å²) in [6.07, 6.45) is 4.26. The molecule has 1 aromatic carbocycles. The van der Waals surface area contributed by atoms with Gasteiger partial charge in [-0.05, 0) is 65.2 Å². The van der Waals surface area contributed by atoms with E-state index in [1.165, 1.54) is 35.4 Å². The SMILES string of the molecule is N#Cc1ccc(-n2cnnn2)c(-c2cc3n(c(=O)c2)[C@H](c2ncc(-c4ccc(N)nc4F)[nH]2)CC3)c1. The van der Waals surface area contributed by atoms with Gasteiger partial charge in [-0.1, -0.05) is 0 Å². The third-order valence-corrected chi connectivity index (χ3v) is 6.24. The maximum Gasteiger partial charge on any atom is 0.252 e. The molecule has 0 radical (unpaired) electrons. The van der Waals surface area contributed by atoms with Crippen molar-refractivity contribution < 1.29 is 4.39 Å². The van der Waals surface area contributed by atoms with Gasteiger partial charge in [0.1, 0.15) is 18.0 Å². The van der Waals surface area contributed by atoms with Gasteiger partial charge in [0.25, 0.3) is 5.56 Å². The van der Waals surface area contributed by atoms with Gasteiger partial charge < -0.3 is 15.3 Å². The van der Waals surface area contributed by atoms with Crippen molar-refractivity contribution in [1.82, 2.24) is 39.7 Å². The number of nitrogens with zero attached hydrogens (tertiary/aromatic N) is 8. The molecular formula is C24H17FN10O. The number of tetrazole rings is 1. The Bertz CT molecular complexity index is 1710. The lowest BCUT2D eigenvalue weighted by atomic mass is 10.0. The van der Waals surface area contributed by atoms with E-state index in [0.29, 0.717) is 46.7 Å². The number of halogens is 1. The van der Waals surface area contributed by atoms with Gasteiger partial charge in [0.2, 0.25) is 5.95 Å². The van der Waals surface area contributed by atoms with Crippen LogP contribution in [0, 0.1) is 17.3 Å². The molecule has 1 atom stereocenters. The zero-order valence-corrected chi connectivity index (χ0v) is 18.6. The highest BCUT2D eigenvalue weighted by Crippen LogP contribution is 2.34. The number of hydrogen-bond acceptors (Lipinski definition) is 8. The van der Waals surface area contributed by atoms with E-state index >= 15 is 0 Å². The molecule has 6 rings (SSSR count). The third-order valence-electron chi connectivity index (χ3n) is 6.24. The summed E-state index contributed by atoms with van der Waals surface area (Å²) in [5.41, 5.74) is 9.27. The highest BCUT2D eigenvalue weighted by atomic mass is 19.1. The topological polar surface area (TPSA) is 157 Å². The average molecular weight is 480 g/mol. The molecule has 0 fully saturated rings. The van der Waals surface area contributed by atoms with Gasteiger partial charge in [0.05, 0.1) is 40.8 Å². The number of rotatable bonds is 4.